The van der Waals surface area contributed by atoms with Crippen molar-refractivity contribution in [3.05, 3.63) is 34.6 Å². The highest BCUT2D eigenvalue weighted by molar-refractivity contribution is 5.39. The Balaban J connectivity index is 2.29. The normalized spacial score (nSPS) is 18.9. The minimum atomic E-state index is -0.326. The van der Waals surface area contributed by atoms with Crippen molar-refractivity contribution in [2.75, 3.05) is 0 Å². The van der Waals surface area contributed by atoms with Crippen molar-refractivity contribution in [1.82, 2.24) is 0 Å². The van der Waals surface area contributed by atoms with Gasteiger partial charge in [0, 0.05) is 0 Å². The standard InChI is InChI=1S/C15H18FN/c1-10-6-11-4-5-12(8-15(2,3)9-17)13(11)7-14(10)16/h6-7,12H,4-5,8H2,1-3H3. The van der Waals surface area contributed by atoms with Gasteiger partial charge in [-0.25, -0.2) is 4.39 Å². The number of aryl methyl sites for hydroxylation is 2. The third kappa shape index (κ3) is 2.34. The summed E-state index contributed by atoms with van der Waals surface area (Å²) in [6.07, 6.45) is 2.88. The van der Waals surface area contributed by atoms with Crippen LogP contribution in [0.5, 0.6) is 0 Å². The molecule has 1 aliphatic rings. The van der Waals surface area contributed by atoms with E-state index in [1.165, 1.54) is 5.56 Å². The van der Waals surface area contributed by atoms with E-state index in [1.54, 1.807) is 6.07 Å². The Morgan fingerprint density at radius 2 is 2.18 bits per heavy atom. The zero-order valence-corrected chi connectivity index (χ0v) is 10.7. The lowest BCUT2D eigenvalue weighted by molar-refractivity contribution is 0.398. The Bertz CT molecular complexity index is 482. The molecule has 2 heteroatoms. The molecule has 2 rings (SSSR count). The summed E-state index contributed by atoms with van der Waals surface area (Å²) in [7, 11) is 0. The van der Waals surface area contributed by atoms with Gasteiger partial charge >= 0.3 is 0 Å². The number of nitrogens with zero attached hydrogens (tertiary/aromatic N) is 1. The Morgan fingerprint density at radius 3 is 2.82 bits per heavy atom. The van der Waals surface area contributed by atoms with Crippen molar-refractivity contribution in [3.8, 4) is 6.07 Å². The van der Waals surface area contributed by atoms with Crippen LogP contribution >= 0.6 is 0 Å². The first-order valence-corrected chi connectivity index (χ1v) is 6.13. The molecule has 0 fully saturated rings. The Hall–Kier alpha value is -1.36. The van der Waals surface area contributed by atoms with Crippen molar-refractivity contribution in [1.29, 1.82) is 5.26 Å². The van der Waals surface area contributed by atoms with Crippen LogP contribution in [0.25, 0.3) is 0 Å². The molecule has 1 unspecified atom stereocenters. The summed E-state index contributed by atoms with van der Waals surface area (Å²) in [6, 6.07) is 5.97. The molecule has 0 spiro atoms. The monoisotopic (exact) mass is 231 g/mol. The van der Waals surface area contributed by atoms with Gasteiger partial charge in [0.15, 0.2) is 0 Å². The number of rotatable bonds is 2. The van der Waals surface area contributed by atoms with E-state index in [0.717, 1.165) is 30.4 Å². The molecule has 1 nitrogen and oxygen atoms in total. The van der Waals surface area contributed by atoms with Gasteiger partial charge in [-0.1, -0.05) is 6.07 Å². The second-order valence-electron chi connectivity index (χ2n) is 5.74. The van der Waals surface area contributed by atoms with E-state index in [1.807, 2.05) is 26.8 Å². The Labute approximate surface area is 102 Å². The van der Waals surface area contributed by atoms with E-state index in [-0.39, 0.29) is 11.2 Å². The molecule has 1 aliphatic carbocycles. The molecular weight excluding hydrogens is 213 g/mol. The summed E-state index contributed by atoms with van der Waals surface area (Å²) in [5, 5.41) is 9.08. The highest BCUT2D eigenvalue weighted by atomic mass is 19.1. The van der Waals surface area contributed by atoms with Crippen LogP contribution in [0.3, 0.4) is 0 Å². The van der Waals surface area contributed by atoms with Gasteiger partial charge in [-0.3, -0.25) is 0 Å². The topological polar surface area (TPSA) is 23.8 Å². The molecule has 0 bridgehead atoms. The number of fused-ring (bicyclic) bond motifs is 1. The lowest BCUT2D eigenvalue weighted by Crippen LogP contribution is -2.12. The molecule has 0 radical (unpaired) electrons. The molecule has 0 aromatic heterocycles. The number of hydrogen-bond acceptors (Lipinski definition) is 1. The molecule has 0 heterocycles. The number of hydrogen-bond donors (Lipinski definition) is 0. The van der Waals surface area contributed by atoms with Crippen LogP contribution in [-0.2, 0) is 6.42 Å². The molecule has 17 heavy (non-hydrogen) atoms. The summed E-state index contributed by atoms with van der Waals surface area (Å²) in [5.74, 6) is 0.222. The van der Waals surface area contributed by atoms with Crippen LogP contribution in [0.2, 0.25) is 0 Å². The first kappa shape index (κ1) is 12.1. The molecule has 1 atom stereocenters. The zero-order chi connectivity index (χ0) is 12.6. The van der Waals surface area contributed by atoms with Crippen LogP contribution < -0.4 is 0 Å². The fourth-order valence-corrected chi connectivity index (χ4v) is 2.71. The summed E-state index contributed by atoms with van der Waals surface area (Å²) in [6.45, 7) is 5.72. The molecule has 0 amide bonds. The lowest BCUT2D eigenvalue weighted by Gasteiger charge is -2.21. The summed E-state index contributed by atoms with van der Waals surface area (Å²) >= 11 is 0. The van der Waals surface area contributed by atoms with Gasteiger partial charge in [-0.15, -0.1) is 0 Å². The van der Waals surface area contributed by atoms with Crippen molar-refractivity contribution in [2.45, 2.75) is 46.0 Å². The smallest absolute Gasteiger partial charge is 0.126 e. The number of nitriles is 1. The molecule has 1 aromatic carbocycles. The van der Waals surface area contributed by atoms with Crippen LogP contribution in [-0.4, -0.2) is 0 Å². The van der Waals surface area contributed by atoms with Gasteiger partial charge in [-0.2, -0.15) is 5.26 Å². The maximum atomic E-state index is 13.6. The molecule has 90 valence electrons. The average molecular weight is 231 g/mol. The fraction of sp³-hybridized carbons (Fsp3) is 0.533. The van der Waals surface area contributed by atoms with E-state index >= 15 is 0 Å². The van der Waals surface area contributed by atoms with Crippen molar-refractivity contribution < 1.29 is 4.39 Å². The fourth-order valence-electron chi connectivity index (χ4n) is 2.71. The van der Waals surface area contributed by atoms with Gasteiger partial charge in [0.2, 0.25) is 0 Å². The summed E-state index contributed by atoms with van der Waals surface area (Å²) < 4.78 is 13.6. The largest absolute Gasteiger partial charge is 0.207 e. The highest BCUT2D eigenvalue weighted by Gasteiger charge is 2.29. The van der Waals surface area contributed by atoms with E-state index in [2.05, 4.69) is 6.07 Å². The van der Waals surface area contributed by atoms with Gasteiger partial charge in [0.1, 0.15) is 5.82 Å². The van der Waals surface area contributed by atoms with Gasteiger partial charge in [0.05, 0.1) is 11.5 Å². The second-order valence-corrected chi connectivity index (χ2v) is 5.74. The zero-order valence-electron chi connectivity index (χ0n) is 10.7. The maximum absolute atomic E-state index is 13.6. The molecule has 0 saturated carbocycles. The van der Waals surface area contributed by atoms with Crippen LogP contribution in [0.1, 0.15) is 49.3 Å². The van der Waals surface area contributed by atoms with E-state index in [4.69, 9.17) is 5.26 Å². The van der Waals surface area contributed by atoms with Crippen molar-refractivity contribution >= 4 is 0 Å². The molecule has 0 saturated heterocycles. The van der Waals surface area contributed by atoms with Crippen molar-refractivity contribution in [2.24, 2.45) is 5.41 Å². The average Bonchev–Trinajstić information content (AvgIpc) is 2.62. The predicted octanol–water partition coefficient (Wildman–Crippen LogP) is 4.10. The first-order valence-electron chi connectivity index (χ1n) is 6.13. The lowest BCUT2D eigenvalue weighted by atomic mass is 9.81. The number of halogens is 1. The predicted molar refractivity (Wildman–Crippen MR) is 66.2 cm³/mol. The molecular formula is C15H18FN. The maximum Gasteiger partial charge on any atom is 0.126 e. The Morgan fingerprint density at radius 1 is 1.47 bits per heavy atom. The highest BCUT2D eigenvalue weighted by Crippen LogP contribution is 2.41. The van der Waals surface area contributed by atoms with Crippen LogP contribution in [0, 0.1) is 29.5 Å². The van der Waals surface area contributed by atoms with Crippen molar-refractivity contribution in [3.63, 3.8) is 0 Å². The van der Waals surface area contributed by atoms with E-state index in [0.29, 0.717) is 5.92 Å². The van der Waals surface area contributed by atoms with Gasteiger partial charge in [0.25, 0.3) is 0 Å². The minimum absolute atomic E-state index is 0.120. The van der Waals surface area contributed by atoms with Gasteiger partial charge < -0.3 is 0 Å². The summed E-state index contributed by atoms with van der Waals surface area (Å²) in [4.78, 5) is 0. The quantitative estimate of drug-likeness (QED) is 0.751. The third-order valence-corrected chi connectivity index (χ3v) is 3.68. The molecule has 0 aliphatic heterocycles. The first-order chi connectivity index (χ1) is 7.93. The third-order valence-electron chi connectivity index (χ3n) is 3.68. The van der Waals surface area contributed by atoms with E-state index < -0.39 is 0 Å². The Kier molecular flexibility index (Phi) is 2.95. The molecule has 1 aromatic rings. The van der Waals surface area contributed by atoms with Crippen LogP contribution in [0.4, 0.5) is 4.39 Å². The van der Waals surface area contributed by atoms with Crippen LogP contribution in [0.15, 0.2) is 12.1 Å². The van der Waals surface area contributed by atoms with Gasteiger partial charge in [-0.05, 0) is 68.7 Å². The SMILES string of the molecule is Cc1cc2c(cc1F)C(CC(C)(C)C#N)CC2. The number of benzene rings is 1. The summed E-state index contributed by atoms with van der Waals surface area (Å²) in [5.41, 5.74) is 2.79. The second kappa shape index (κ2) is 4.14. The molecule has 0 N–H and O–H groups in total. The minimum Gasteiger partial charge on any atom is -0.207 e. The van der Waals surface area contributed by atoms with E-state index in [9.17, 15) is 4.39 Å².